The van der Waals surface area contributed by atoms with E-state index in [1.807, 2.05) is 60.8 Å². The lowest BCUT2D eigenvalue weighted by atomic mass is 10.1. The molecule has 1 aromatic heterocycles. The quantitative estimate of drug-likeness (QED) is 0.298. The van der Waals surface area contributed by atoms with Crippen LogP contribution in [-0.2, 0) is 17.9 Å². The number of nitrogens with zero attached hydrogens (tertiary/aromatic N) is 1. The smallest absolute Gasteiger partial charge is 0.268 e. The fourth-order valence-electron chi connectivity index (χ4n) is 4.25. The number of methoxy groups -OCH3 is 3. The van der Waals surface area contributed by atoms with E-state index in [1.54, 1.807) is 18.2 Å². The predicted octanol–water partition coefficient (Wildman–Crippen LogP) is 4.77. The minimum Gasteiger partial charge on any atom is -0.493 e. The monoisotopic (exact) mass is 513 g/mol. The van der Waals surface area contributed by atoms with Crippen molar-refractivity contribution in [2.24, 2.45) is 0 Å². The third-order valence-corrected chi connectivity index (χ3v) is 6.18. The lowest BCUT2D eigenvalue weighted by molar-refractivity contribution is -0.117. The normalized spacial score (nSPS) is 11.2. The first-order valence-electron chi connectivity index (χ1n) is 12.2. The number of rotatable bonds is 10. The molecule has 0 aliphatic carbocycles. The molecule has 3 aromatic carbocycles. The van der Waals surface area contributed by atoms with Gasteiger partial charge in [-0.15, -0.1) is 0 Å². The van der Waals surface area contributed by atoms with Crippen molar-refractivity contribution >= 4 is 28.8 Å². The molecular weight excluding hydrogens is 482 g/mol. The summed E-state index contributed by atoms with van der Waals surface area (Å²) in [5.74, 6) is 0.131. The van der Waals surface area contributed by atoms with Crippen molar-refractivity contribution < 1.29 is 23.8 Å². The molecule has 0 aliphatic rings. The van der Waals surface area contributed by atoms with E-state index in [0.29, 0.717) is 23.8 Å². The number of hydrogen-bond donors (Lipinski definition) is 2. The number of amides is 2. The molecule has 0 bridgehead atoms. The SMILES string of the molecule is CCn1cc(/C=C(\NC(=O)c2cc(OC)c(OC)c(OC)c2)C(=O)NCc2ccccc2)c2ccccc21. The van der Waals surface area contributed by atoms with Crippen LogP contribution in [0.4, 0.5) is 0 Å². The van der Waals surface area contributed by atoms with Crippen LogP contribution in [-0.4, -0.2) is 37.7 Å². The lowest BCUT2D eigenvalue weighted by Gasteiger charge is -2.15. The number of nitrogens with one attached hydrogen (secondary N) is 2. The molecule has 8 heteroatoms. The van der Waals surface area contributed by atoms with Crippen molar-refractivity contribution in [3.8, 4) is 17.2 Å². The van der Waals surface area contributed by atoms with E-state index >= 15 is 0 Å². The Morgan fingerprint density at radius 1 is 0.895 bits per heavy atom. The molecule has 0 aliphatic heterocycles. The van der Waals surface area contributed by atoms with Crippen molar-refractivity contribution in [3.63, 3.8) is 0 Å². The Hall–Kier alpha value is -4.72. The summed E-state index contributed by atoms with van der Waals surface area (Å²) in [7, 11) is 4.44. The van der Waals surface area contributed by atoms with Crippen LogP contribution < -0.4 is 24.8 Å². The second-order valence-corrected chi connectivity index (χ2v) is 8.48. The van der Waals surface area contributed by atoms with Crippen LogP contribution in [0.15, 0.2) is 78.6 Å². The first-order valence-corrected chi connectivity index (χ1v) is 12.2. The highest BCUT2D eigenvalue weighted by Crippen LogP contribution is 2.38. The van der Waals surface area contributed by atoms with E-state index in [9.17, 15) is 9.59 Å². The number of carbonyl (C=O) groups excluding carboxylic acids is 2. The van der Waals surface area contributed by atoms with Gasteiger partial charge < -0.3 is 29.4 Å². The zero-order chi connectivity index (χ0) is 27.1. The molecule has 0 radical (unpaired) electrons. The van der Waals surface area contributed by atoms with Crippen LogP contribution in [0.25, 0.3) is 17.0 Å². The number of hydrogen-bond acceptors (Lipinski definition) is 5. The van der Waals surface area contributed by atoms with Crippen molar-refractivity contribution in [1.29, 1.82) is 0 Å². The minimum absolute atomic E-state index is 0.110. The average Bonchev–Trinajstić information content (AvgIpc) is 3.32. The standard InChI is InChI=1S/C30H31N3O5/c1-5-33-19-22(23-13-9-10-14-25(23)33)15-24(30(35)31-18-20-11-7-6-8-12-20)32-29(34)21-16-26(36-2)28(38-4)27(17-21)37-3/h6-17,19H,5,18H2,1-4H3,(H,31,35)(H,32,34)/b24-15-. The molecule has 0 unspecified atom stereocenters. The Morgan fingerprint density at radius 2 is 1.55 bits per heavy atom. The van der Waals surface area contributed by atoms with Crippen LogP contribution in [0, 0.1) is 0 Å². The van der Waals surface area contributed by atoms with Crippen LogP contribution in [0.5, 0.6) is 17.2 Å². The first kappa shape index (κ1) is 26.3. The molecule has 0 saturated heterocycles. The van der Waals surface area contributed by atoms with E-state index in [2.05, 4.69) is 22.1 Å². The summed E-state index contributed by atoms with van der Waals surface area (Å²) in [5.41, 5.74) is 3.16. The van der Waals surface area contributed by atoms with Crippen molar-refractivity contribution in [2.75, 3.05) is 21.3 Å². The number of aryl methyl sites for hydroxylation is 1. The van der Waals surface area contributed by atoms with E-state index in [1.165, 1.54) is 21.3 Å². The molecule has 2 N–H and O–H groups in total. The summed E-state index contributed by atoms with van der Waals surface area (Å²) in [5, 5.41) is 6.69. The van der Waals surface area contributed by atoms with Gasteiger partial charge in [0.15, 0.2) is 11.5 Å². The van der Waals surface area contributed by atoms with Gasteiger partial charge in [0.25, 0.3) is 11.8 Å². The number of aromatic nitrogens is 1. The fraction of sp³-hybridized carbons (Fsp3) is 0.200. The van der Waals surface area contributed by atoms with Crippen molar-refractivity contribution in [2.45, 2.75) is 20.0 Å². The minimum atomic E-state index is -0.496. The largest absolute Gasteiger partial charge is 0.493 e. The highest BCUT2D eigenvalue weighted by Gasteiger charge is 2.20. The number of fused-ring (bicyclic) bond motifs is 1. The molecule has 0 spiro atoms. The van der Waals surface area contributed by atoms with Crippen LogP contribution in [0.3, 0.4) is 0 Å². The Balaban J connectivity index is 1.71. The van der Waals surface area contributed by atoms with Gasteiger partial charge in [-0.1, -0.05) is 48.5 Å². The van der Waals surface area contributed by atoms with Gasteiger partial charge in [0.2, 0.25) is 5.75 Å². The predicted molar refractivity (Wildman–Crippen MR) is 147 cm³/mol. The van der Waals surface area contributed by atoms with E-state index in [4.69, 9.17) is 14.2 Å². The van der Waals surface area contributed by atoms with Crippen LogP contribution in [0.1, 0.15) is 28.4 Å². The molecule has 0 saturated carbocycles. The van der Waals surface area contributed by atoms with E-state index in [-0.39, 0.29) is 11.3 Å². The Labute approximate surface area is 221 Å². The van der Waals surface area contributed by atoms with Crippen molar-refractivity contribution in [1.82, 2.24) is 15.2 Å². The summed E-state index contributed by atoms with van der Waals surface area (Å²) in [4.78, 5) is 26.8. The Kier molecular flexibility index (Phi) is 8.33. The maximum Gasteiger partial charge on any atom is 0.268 e. The second-order valence-electron chi connectivity index (χ2n) is 8.48. The highest BCUT2D eigenvalue weighted by atomic mass is 16.5. The number of ether oxygens (including phenoxy) is 3. The van der Waals surface area contributed by atoms with Gasteiger partial charge in [-0.2, -0.15) is 0 Å². The Morgan fingerprint density at radius 3 is 2.18 bits per heavy atom. The maximum absolute atomic E-state index is 13.4. The first-order chi connectivity index (χ1) is 18.5. The molecule has 4 rings (SSSR count). The van der Waals surface area contributed by atoms with E-state index in [0.717, 1.165) is 28.6 Å². The number of carbonyl (C=O) groups is 2. The zero-order valence-corrected chi connectivity index (χ0v) is 21.9. The van der Waals surface area contributed by atoms with Gasteiger partial charge in [-0.25, -0.2) is 0 Å². The summed E-state index contributed by atoms with van der Waals surface area (Å²) < 4.78 is 18.2. The molecule has 196 valence electrons. The maximum atomic E-state index is 13.4. The molecule has 0 atom stereocenters. The summed E-state index contributed by atoms with van der Waals surface area (Å²) in [6.45, 7) is 3.13. The van der Waals surface area contributed by atoms with Crippen molar-refractivity contribution in [3.05, 3.63) is 95.3 Å². The molecule has 38 heavy (non-hydrogen) atoms. The lowest BCUT2D eigenvalue weighted by Crippen LogP contribution is -2.34. The van der Waals surface area contributed by atoms with Gasteiger partial charge in [0, 0.05) is 41.3 Å². The van der Waals surface area contributed by atoms with Gasteiger partial charge in [-0.05, 0) is 36.8 Å². The molecule has 2 amide bonds. The van der Waals surface area contributed by atoms with Crippen LogP contribution in [0.2, 0.25) is 0 Å². The summed E-state index contributed by atoms with van der Waals surface area (Å²) in [6, 6.07) is 20.6. The third-order valence-electron chi connectivity index (χ3n) is 6.18. The van der Waals surface area contributed by atoms with Gasteiger partial charge in [0.05, 0.1) is 21.3 Å². The topological polar surface area (TPSA) is 90.8 Å². The molecule has 8 nitrogen and oxygen atoms in total. The summed E-state index contributed by atoms with van der Waals surface area (Å²) in [6.07, 6.45) is 3.67. The molecule has 4 aromatic rings. The second kappa shape index (κ2) is 12.0. The number of para-hydroxylation sites is 1. The fourth-order valence-corrected chi connectivity index (χ4v) is 4.25. The number of benzene rings is 3. The average molecular weight is 514 g/mol. The van der Waals surface area contributed by atoms with Gasteiger partial charge in [-0.3, -0.25) is 9.59 Å². The molecule has 1 heterocycles. The third kappa shape index (κ3) is 5.64. The molecular formula is C30H31N3O5. The van der Waals surface area contributed by atoms with Gasteiger partial charge >= 0.3 is 0 Å². The highest BCUT2D eigenvalue weighted by molar-refractivity contribution is 6.07. The summed E-state index contributed by atoms with van der Waals surface area (Å²) >= 11 is 0. The molecule has 0 fully saturated rings. The van der Waals surface area contributed by atoms with Gasteiger partial charge in [0.1, 0.15) is 5.70 Å². The Bertz CT molecular complexity index is 1450. The zero-order valence-electron chi connectivity index (χ0n) is 21.9. The van der Waals surface area contributed by atoms with E-state index < -0.39 is 11.8 Å². The van der Waals surface area contributed by atoms with Crippen LogP contribution >= 0.6 is 0 Å².